The lowest BCUT2D eigenvalue weighted by Crippen LogP contribution is -2.11. The van der Waals surface area contributed by atoms with Gasteiger partial charge in [0.15, 0.2) is 0 Å². The molecule has 2 aromatic rings. The average molecular weight is 221 g/mol. The van der Waals surface area contributed by atoms with Crippen LogP contribution in [0.25, 0.3) is 0 Å². The van der Waals surface area contributed by atoms with Crippen molar-refractivity contribution < 1.29 is 14.3 Å². The highest BCUT2D eigenvalue weighted by Gasteiger charge is 2.07. The van der Waals surface area contributed by atoms with Crippen molar-refractivity contribution in [1.82, 2.24) is 15.5 Å². The van der Waals surface area contributed by atoms with Crippen molar-refractivity contribution in [3.8, 4) is 0 Å². The van der Waals surface area contributed by atoms with E-state index in [0.717, 1.165) is 5.56 Å². The van der Waals surface area contributed by atoms with Gasteiger partial charge in [0.05, 0.1) is 18.3 Å². The van der Waals surface area contributed by atoms with E-state index in [1.165, 1.54) is 12.3 Å². The topological polar surface area (TPSA) is 91.2 Å². The van der Waals surface area contributed by atoms with E-state index in [2.05, 4.69) is 15.5 Å². The first-order valence-electron chi connectivity index (χ1n) is 4.75. The minimum atomic E-state index is -0.982. The molecule has 0 aliphatic carbocycles. The maximum absolute atomic E-state index is 10.6. The van der Waals surface area contributed by atoms with Gasteiger partial charge in [-0.1, -0.05) is 0 Å². The normalized spacial score (nSPS) is 10.5. The summed E-state index contributed by atoms with van der Waals surface area (Å²) in [6.45, 7) is 1.14. The van der Waals surface area contributed by atoms with Crippen molar-refractivity contribution in [3.05, 3.63) is 41.6 Å². The highest BCUT2D eigenvalue weighted by atomic mass is 16.4. The molecular weight excluding hydrogens is 210 g/mol. The van der Waals surface area contributed by atoms with E-state index in [1.54, 1.807) is 12.4 Å². The number of rotatable bonds is 5. The fourth-order valence-corrected chi connectivity index (χ4v) is 1.29. The van der Waals surface area contributed by atoms with Gasteiger partial charge in [0.25, 0.3) is 0 Å². The number of carboxylic acids is 1. The molecule has 0 radical (unpaired) electrons. The van der Waals surface area contributed by atoms with Gasteiger partial charge in [0.2, 0.25) is 0 Å². The number of hydrogen-bond acceptors (Lipinski definition) is 4. The van der Waals surface area contributed by atoms with Crippen LogP contribution in [0.2, 0.25) is 0 Å². The molecule has 0 unspecified atom stereocenters. The Balaban J connectivity index is 1.83. The summed E-state index contributed by atoms with van der Waals surface area (Å²) in [7, 11) is 0. The Bertz CT molecular complexity index is 461. The number of carbonyl (C=O) groups is 1. The van der Waals surface area contributed by atoms with Gasteiger partial charge in [0.1, 0.15) is 12.0 Å². The fraction of sp³-hybridized carbons (Fsp3) is 0.200. The van der Waals surface area contributed by atoms with Crippen LogP contribution in [0.5, 0.6) is 0 Å². The number of furan rings is 1. The summed E-state index contributed by atoms with van der Waals surface area (Å²) in [5, 5.41) is 18.3. The number of aromatic carboxylic acids is 1. The predicted molar refractivity (Wildman–Crippen MR) is 54.8 cm³/mol. The van der Waals surface area contributed by atoms with Crippen LogP contribution in [0.3, 0.4) is 0 Å². The molecule has 2 rings (SSSR count). The Labute approximate surface area is 91.3 Å². The molecule has 3 N–H and O–H groups in total. The van der Waals surface area contributed by atoms with Crippen LogP contribution in [0.4, 0.5) is 0 Å². The van der Waals surface area contributed by atoms with Gasteiger partial charge in [-0.2, -0.15) is 5.10 Å². The van der Waals surface area contributed by atoms with Crippen molar-refractivity contribution in [1.29, 1.82) is 0 Å². The third-order valence-corrected chi connectivity index (χ3v) is 2.08. The Morgan fingerprint density at radius 2 is 2.44 bits per heavy atom. The van der Waals surface area contributed by atoms with Crippen molar-refractivity contribution >= 4 is 5.97 Å². The monoisotopic (exact) mass is 221 g/mol. The highest BCUT2D eigenvalue weighted by molar-refractivity contribution is 5.87. The Morgan fingerprint density at radius 3 is 3.06 bits per heavy atom. The number of nitrogens with one attached hydrogen (secondary N) is 2. The van der Waals surface area contributed by atoms with Gasteiger partial charge >= 0.3 is 5.97 Å². The molecule has 0 saturated heterocycles. The maximum Gasteiger partial charge on any atom is 0.338 e. The first-order chi connectivity index (χ1) is 7.75. The highest BCUT2D eigenvalue weighted by Crippen LogP contribution is 2.07. The number of carboxylic acid groups (broad SMARTS) is 1. The number of H-pyrrole nitrogens is 1. The Kier molecular flexibility index (Phi) is 3.02. The summed E-state index contributed by atoms with van der Waals surface area (Å²) in [6.07, 6.45) is 4.74. The van der Waals surface area contributed by atoms with Crippen LogP contribution in [-0.2, 0) is 13.1 Å². The Morgan fingerprint density at radius 1 is 1.56 bits per heavy atom. The predicted octanol–water partition coefficient (Wildman–Crippen LogP) is 0.991. The summed E-state index contributed by atoms with van der Waals surface area (Å²) in [5.74, 6) is -0.384. The molecule has 2 heterocycles. The fourth-order valence-electron chi connectivity index (χ4n) is 1.29. The SMILES string of the molecule is O=C(O)c1coc(CNCc2cn[nH]c2)c1. The number of aromatic amines is 1. The lowest BCUT2D eigenvalue weighted by molar-refractivity contribution is 0.0696. The van der Waals surface area contributed by atoms with Crippen molar-refractivity contribution in [3.63, 3.8) is 0 Å². The second-order valence-corrected chi connectivity index (χ2v) is 3.32. The zero-order valence-electron chi connectivity index (χ0n) is 8.43. The third-order valence-electron chi connectivity index (χ3n) is 2.08. The van der Waals surface area contributed by atoms with Gasteiger partial charge in [-0.3, -0.25) is 5.10 Å². The lowest BCUT2D eigenvalue weighted by Gasteiger charge is -1.98. The number of aromatic nitrogens is 2. The number of hydrogen-bond donors (Lipinski definition) is 3. The number of nitrogens with zero attached hydrogens (tertiary/aromatic N) is 1. The van der Waals surface area contributed by atoms with Crippen LogP contribution in [0, 0.1) is 0 Å². The first kappa shape index (κ1) is 10.4. The van der Waals surface area contributed by atoms with E-state index >= 15 is 0 Å². The molecule has 6 heteroatoms. The van der Waals surface area contributed by atoms with Gasteiger partial charge in [-0.05, 0) is 6.07 Å². The van der Waals surface area contributed by atoms with E-state index in [-0.39, 0.29) is 5.56 Å². The van der Waals surface area contributed by atoms with E-state index in [0.29, 0.717) is 18.8 Å². The smallest absolute Gasteiger partial charge is 0.338 e. The average Bonchev–Trinajstić information content (AvgIpc) is 2.87. The zero-order valence-corrected chi connectivity index (χ0v) is 8.43. The van der Waals surface area contributed by atoms with Crippen molar-refractivity contribution in [2.24, 2.45) is 0 Å². The van der Waals surface area contributed by atoms with Crippen LogP contribution >= 0.6 is 0 Å². The van der Waals surface area contributed by atoms with E-state index in [1.807, 2.05) is 0 Å². The maximum atomic E-state index is 10.6. The minimum Gasteiger partial charge on any atom is -0.478 e. The molecule has 0 aliphatic heterocycles. The molecule has 6 nitrogen and oxygen atoms in total. The van der Waals surface area contributed by atoms with E-state index in [9.17, 15) is 4.79 Å². The molecule has 16 heavy (non-hydrogen) atoms. The van der Waals surface area contributed by atoms with Crippen molar-refractivity contribution in [2.45, 2.75) is 13.1 Å². The van der Waals surface area contributed by atoms with Gasteiger partial charge in [-0.25, -0.2) is 4.79 Å². The van der Waals surface area contributed by atoms with Crippen molar-refractivity contribution in [2.75, 3.05) is 0 Å². The van der Waals surface area contributed by atoms with E-state index < -0.39 is 5.97 Å². The van der Waals surface area contributed by atoms with Crippen LogP contribution in [0.15, 0.2) is 29.1 Å². The minimum absolute atomic E-state index is 0.167. The van der Waals surface area contributed by atoms with Crippen LogP contribution in [0.1, 0.15) is 21.7 Å². The van der Waals surface area contributed by atoms with Gasteiger partial charge in [-0.15, -0.1) is 0 Å². The quantitative estimate of drug-likeness (QED) is 0.700. The zero-order chi connectivity index (χ0) is 11.4. The Hall–Kier alpha value is -2.08. The molecule has 0 fully saturated rings. The van der Waals surface area contributed by atoms with Gasteiger partial charge < -0.3 is 14.8 Å². The molecule has 0 saturated carbocycles. The lowest BCUT2D eigenvalue weighted by atomic mass is 10.3. The summed E-state index contributed by atoms with van der Waals surface area (Å²) in [6, 6.07) is 1.50. The summed E-state index contributed by atoms with van der Waals surface area (Å²) in [5.41, 5.74) is 1.20. The molecule has 0 amide bonds. The molecular formula is C10H11N3O3. The first-order valence-corrected chi connectivity index (χ1v) is 4.75. The second kappa shape index (κ2) is 4.63. The standard InChI is InChI=1S/C10H11N3O3/c14-10(15)8-1-9(16-6-8)5-11-2-7-3-12-13-4-7/h1,3-4,6,11H,2,5H2,(H,12,13)(H,14,15). The molecule has 84 valence electrons. The molecule has 0 spiro atoms. The van der Waals surface area contributed by atoms with Gasteiger partial charge in [0, 0.05) is 18.3 Å². The molecule has 0 bridgehead atoms. The molecule has 0 atom stereocenters. The van der Waals surface area contributed by atoms with Crippen LogP contribution < -0.4 is 5.32 Å². The van der Waals surface area contributed by atoms with E-state index in [4.69, 9.17) is 9.52 Å². The van der Waals surface area contributed by atoms with Crippen LogP contribution in [-0.4, -0.2) is 21.3 Å². The largest absolute Gasteiger partial charge is 0.478 e. The molecule has 0 aliphatic rings. The molecule has 2 aromatic heterocycles. The third kappa shape index (κ3) is 2.48. The second-order valence-electron chi connectivity index (χ2n) is 3.32. The summed E-state index contributed by atoms with van der Waals surface area (Å²) >= 11 is 0. The summed E-state index contributed by atoms with van der Waals surface area (Å²) in [4.78, 5) is 10.6. The molecule has 0 aromatic carbocycles. The summed E-state index contributed by atoms with van der Waals surface area (Å²) < 4.78 is 5.08.